The van der Waals surface area contributed by atoms with E-state index in [1.54, 1.807) is 18.2 Å². The summed E-state index contributed by atoms with van der Waals surface area (Å²) in [5.41, 5.74) is 2.54. The SMILES string of the molecule is Cc1ccc(NC(=O)CCN2C(=O)c3ccc(Br)cc3C2=O)cc1. The highest BCUT2D eigenvalue weighted by molar-refractivity contribution is 9.10. The Labute approximate surface area is 147 Å². The number of nitrogens with zero attached hydrogens (tertiary/aromatic N) is 1. The number of hydrogen-bond donors (Lipinski definition) is 1. The van der Waals surface area contributed by atoms with Crippen LogP contribution in [0.5, 0.6) is 0 Å². The number of fused-ring (bicyclic) bond motifs is 1. The number of hydrogen-bond acceptors (Lipinski definition) is 3. The molecule has 1 N–H and O–H groups in total. The molecule has 0 saturated heterocycles. The average Bonchev–Trinajstić information content (AvgIpc) is 2.78. The number of nitrogens with one attached hydrogen (secondary N) is 1. The maximum Gasteiger partial charge on any atom is 0.261 e. The Morgan fingerprint density at radius 2 is 1.71 bits per heavy atom. The fourth-order valence-corrected chi connectivity index (χ4v) is 2.90. The molecule has 0 saturated carbocycles. The van der Waals surface area contributed by atoms with Crippen molar-refractivity contribution >= 4 is 39.3 Å². The molecule has 3 amide bonds. The molecule has 1 heterocycles. The van der Waals surface area contributed by atoms with Crippen LogP contribution in [-0.4, -0.2) is 29.2 Å². The van der Waals surface area contributed by atoms with Gasteiger partial charge in [0.15, 0.2) is 0 Å². The zero-order chi connectivity index (χ0) is 17.3. The van der Waals surface area contributed by atoms with Gasteiger partial charge in [0.2, 0.25) is 5.91 Å². The van der Waals surface area contributed by atoms with Gasteiger partial charge in [0, 0.05) is 23.1 Å². The zero-order valence-corrected chi connectivity index (χ0v) is 14.6. The molecular formula is C18H15BrN2O3. The molecule has 0 radical (unpaired) electrons. The van der Waals surface area contributed by atoms with Crippen LogP contribution in [0.3, 0.4) is 0 Å². The van der Waals surface area contributed by atoms with Crippen molar-refractivity contribution in [3.63, 3.8) is 0 Å². The van der Waals surface area contributed by atoms with Gasteiger partial charge in [0.05, 0.1) is 11.1 Å². The molecule has 5 nitrogen and oxygen atoms in total. The number of carbonyl (C=O) groups excluding carboxylic acids is 3. The van der Waals surface area contributed by atoms with Crippen LogP contribution >= 0.6 is 15.9 Å². The van der Waals surface area contributed by atoms with Gasteiger partial charge in [-0.1, -0.05) is 33.6 Å². The quantitative estimate of drug-likeness (QED) is 0.818. The molecule has 0 fully saturated rings. The molecular weight excluding hydrogens is 372 g/mol. The van der Waals surface area contributed by atoms with E-state index in [4.69, 9.17) is 0 Å². The minimum atomic E-state index is -0.362. The molecule has 0 atom stereocenters. The zero-order valence-electron chi connectivity index (χ0n) is 13.0. The second kappa shape index (κ2) is 6.57. The van der Waals surface area contributed by atoms with Crippen LogP contribution in [0, 0.1) is 6.92 Å². The van der Waals surface area contributed by atoms with Crippen molar-refractivity contribution in [2.24, 2.45) is 0 Å². The number of imide groups is 1. The van der Waals surface area contributed by atoms with Crippen LogP contribution in [-0.2, 0) is 4.79 Å². The van der Waals surface area contributed by atoms with E-state index in [1.807, 2.05) is 31.2 Å². The van der Waals surface area contributed by atoms with Gasteiger partial charge in [-0.05, 0) is 37.3 Å². The molecule has 2 aromatic rings. The molecule has 1 aliphatic heterocycles. The van der Waals surface area contributed by atoms with Gasteiger partial charge < -0.3 is 5.32 Å². The summed E-state index contributed by atoms with van der Waals surface area (Å²) in [6.07, 6.45) is 0.0561. The number of amides is 3. The van der Waals surface area contributed by atoms with Crippen molar-refractivity contribution in [1.82, 2.24) is 4.90 Å². The van der Waals surface area contributed by atoms with Gasteiger partial charge in [-0.15, -0.1) is 0 Å². The van der Waals surface area contributed by atoms with Gasteiger partial charge in [-0.25, -0.2) is 0 Å². The van der Waals surface area contributed by atoms with E-state index < -0.39 is 0 Å². The van der Waals surface area contributed by atoms with Crippen LogP contribution in [0.25, 0.3) is 0 Å². The molecule has 0 bridgehead atoms. The lowest BCUT2D eigenvalue weighted by atomic mass is 10.1. The predicted octanol–water partition coefficient (Wildman–Crippen LogP) is 3.38. The minimum Gasteiger partial charge on any atom is -0.326 e. The normalized spacial score (nSPS) is 13.2. The summed E-state index contributed by atoms with van der Waals surface area (Å²) in [6.45, 7) is 2.02. The number of benzene rings is 2. The number of aryl methyl sites for hydroxylation is 1. The first kappa shape index (κ1) is 16.4. The second-order valence-corrected chi connectivity index (χ2v) is 6.53. The fourth-order valence-electron chi connectivity index (χ4n) is 2.54. The van der Waals surface area contributed by atoms with E-state index >= 15 is 0 Å². The topological polar surface area (TPSA) is 66.5 Å². The highest BCUT2D eigenvalue weighted by Crippen LogP contribution is 2.26. The van der Waals surface area contributed by atoms with Gasteiger partial charge in [0.1, 0.15) is 0 Å². The summed E-state index contributed by atoms with van der Waals surface area (Å²) < 4.78 is 0.737. The monoisotopic (exact) mass is 386 g/mol. The van der Waals surface area contributed by atoms with Crippen molar-refractivity contribution in [1.29, 1.82) is 0 Å². The lowest BCUT2D eigenvalue weighted by Gasteiger charge is -2.13. The highest BCUT2D eigenvalue weighted by atomic mass is 79.9. The summed E-state index contributed by atoms with van der Waals surface area (Å²) in [7, 11) is 0. The van der Waals surface area contributed by atoms with E-state index in [0.717, 1.165) is 14.9 Å². The largest absolute Gasteiger partial charge is 0.326 e. The summed E-state index contributed by atoms with van der Waals surface area (Å²) in [5, 5.41) is 2.76. The first-order chi connectivity index (χ1) is 11.5. The third-order valence-corrected chi connectivity index (χ3v) is 4.32. The first-order valence-electron chi connectivity index (χ1n) is 7.48. The Morgan fingerprint density at radius 1 is 1.04 bits per heavy atom. The van der Waals surface area contributed by atoms with Crippen molar-refractivity contribution in [3.8, 4) is 0 Å². The van der Waals surface area contributed by atoms with Crippen molar-refractivity contribution < 1.29 is 14.4 Å². The number of rotatable bonds is 4. The molecule has 0 spiro atoms. The lowest BCUT2D eigenvalue weighted by molar-refractivity contribution is -0.116. The Hall–Kier alpha value is -2.47. The van der Waals surface area contributed by atoms with Crippen molar-refractivity contribution in [3.05, 3.63) is 63.6 Å². The molecule has 3 rings (SSSR count). The molecule has 0 aromatic heterocycles. The molecule has 0 unspecified atom stereocenters. The Balaban J connectivity index is 1.63. The first-order valence-corrected chi connectivity index (χ1v) is 8.27. The Kier molecular flexibility index (Phi) is 4.49. The maximum atomic E-state index is 12.3. The van der Waals surface area contributed by atoms with Crippen molar-refractivity contribution in [2.75, 3.05) is 11.9 Å². The molecule has 1 aliphatic rings. The smallest absolute Gasteiger partial charge is 0.261 e. The van der Waals surface area contributed by atoms with E-state index in [9.17, 15) is 14.4 Å². The van der Waals surface area contributed by atoms with E-state index in [-0.39, 0.29) is 30.7 Å². The van der Waals surface area contributed by atoms with Crippen LogP contribution < -0.4 is 5.32 Å². The molecule has 0 aliphatic carbocycles. The standard InChI is InChI=1S/C18H15BrN2O3/c1-11-2-5-13(6-3-11)20-16(22)8-9-21-17(23)14-7-4-12(19)10-15(14)18(21)24/h2-7,10H,8-9H2,1H3,(H,20,22). The maximum absolute atomic E-state index is 12.3. The van der Waals surface area contributed by atoms with Gasteiger partial charge in [0.25, 0.3) is 11.8 Å². The van der Waals surface area contributed by atoms with Crippen LogP contribution in [0.15, 0.2) is 46.9 Å². The van der Waals surface area contributed by atoms with Gasteiger partial charge in [-0.3, -0.25) is 19.3 Å². The predicted molar refractivity (Wildman–Crippen MR) is 93.9 cm³/mol. The number of halogens is 1. The van der Waals surface area contributed by atoms with Gasteiger partial charge >= 0.3 is 0 Å². The Bertz CT molecular complexity index is 831. The average molecular weight is 387 g/mol. The summed E-state index contributed by atoms with van der Waals surface area (Å²) in [5.74, 6) is -0.957. The van der Waals surface area contributed by atoms with E-state index in [0.29, 0.717) is 16.8 Å². The highest BCUT2D eigenvalue weighted by Gasteiger charge is 2.35. The summed E-state index contributed by atoms with van der Waals surface area (Å²) in [6, 6.07) is 12.4. The Morgan fingerprint density at radius 3 is 2.42 bits per heavy atom. The molecule has 2 aromatic carbocycles. The molecule has 24 heavy (non-hydrogen) atoms. The number of anilines is 1. The molecule has 122 valence electrons. The van der Waals surface area contributed by atoms with Crippen LogP contribution in [0.2, 0.25) is 0 Å². The molecule has 6 heteroatoms. The third kappa shape index (κ3) is 3.23. The van der Waals surface area contributed by atoms with Crippen molar-refractivity contribution in [2.45, 2.75) is 13.3 Å². The minimum absolute atomic E-state index is 0.0561. The third-order valence-electron chi connectivity index (χ3n) is 3.83. The fraction of sp³-hybridized carbons (Fsp3) is 0.167. The van der Waals surface area contributed by atoms with Crippen LogP contribution in [0.4, 0.5) is 5.69 Å². The van der Waals surface area contributed by atoms with Crippen LogP contribution in [0.1, 0.15) is 32.7 Å². The van der Waals surface area contributed by atoms with E-state index in [2.05, 4.69) is 21.2 Å². The summed E-state index contributed by atoms with van der Waals surface area (Å²) in [4.78, 5) is 37.7. The summed E-state index contributed by atoms with van der Waals surface area (Å²) >= 11 is 3.29. The second-order valence-electron chi connectivity index (χ2n) is 5.62. The van der Waals surface area contributed by atoms with E-state index in [1.165, 1.54) is 0 Å². The number of carbonyl (C=O) groups is 3. The van der Waals surface area contributed by atoms with Gasteiger partial charge in [-0.2, -0.15) is 0 Å². The lowest BCUT2D eigenvalue weighted by Crippen LogP contribution is -2.32.